The number of benzene rings is 1. The highest BCUT2D eigenvalue weighted by Gasteiger charge is 2.07. The smallest absolute Gasteiger partial charge is 0.258 e. The molecule has 0 spiro atoms. The number of aromatic nitrogens is 3. The molecule has 1 aromatic carbocycles. The van der Waals surface area contributed by atoms with Crippen LogP contribution in [0, 0.1) is 0 Å². The molecular formula is C13H10N4OS. The fourth-order valence-electron chi connectivity index (χ4n) is 1.73. The van der Waals surface area contributed by atoms with Gasteiger partial charge in [-0.1, -0.05) is 11.8 Å². The van der Waals surface area contributed by atoms with Gasteiger partial charge < -0.3 is 10.7 Å². The van der Waals surface area contributed by atoms with E-state index in [4.69, 9.17) is 5.73 Å². The van der Waals surface area contributed by atoms with E-state index in [1.54, 1.807) is 18.5 Å². The summed E-state index contributed by atoms with van der Waals surface area (Å²) in [7, 11) is 0. The van der Waals surface area contributed by atoms with Gasteiger partial charge in [-0.25, -0.2) is 4.98 Å². The van der Waals surface area contributed by atoms with Crippen molar-refractivity contribution >= 4 is 28.4 Å². The zero-order valence-corrected chi connectivity index (χ0v) is 10.6. The van der Waals surface area contributed by atoms with Gasteiger partial charge in [0.05, 0.1) is 17.2 Å². The molecule has 0 unspecified atom stereocenters. The lowest BCUT2D eigenvalue weighted by molar-refractivity contribution is 1.17. The summed E-state index contributed by atoms with van der Waals surface area (Å²) in [6.45, 7) is 0. The number of nitrogens with zero attached hydrogens (tertiary/aromatic N) is 2. The highest BCUT2D eigenvalue weighted by molar-refractivity contribution is 7.99. The Labute approximate surface area is 112 Å². The summed E-state index contributed by atoms with van der Waals surface area (Å²) in [5, 5.41) is 0.499. The van der Waals surface area contributed by atoms with Crippen molar-refractivity contribution in [2.75, 3.05) is 5.73 Å². The van der Waals surface area contributed by atoms with E-state index in [2.05, 4.69) is 15.0 Å². The van der Waals surface area contributed by atoms with Crippen LogP contribution in [0.4, 0.5) is 5.69 Å². The van der Waals surface area contributed by atoms with Crippen molar-refractivity contribution in [1.29, 1.82) is 0 Å². The molecule has 2 heterocycles. The molecule has 0 aliphatic rings. The third kappa shape index (κ3) is 2.30. The zero-order chi connectivity index (χ0) is 13.2. The molecule has 3 aromatic rings. The normalized spacial score (nSPS) is 10.7. The van der Waals surface area contributed by atoms with Crippen LogP contribution in [0.25, 0.3) is 10.9 Å². The van der Waals surface area contributed by atoms with Crippen molar-refractivity contribution in [3.63, 3.8) is 0 Å². The van der Waals surface area contributed by atoms with Crippen LogP contribution < -0.4 is 11.3 Å². The molecular weight excluding hydrogens is 260 g/mol. The third-order valence-corrected chi connectivity index (χ3v) is 3.73. The molecule has 19 heavy (non-hydrogen) atoms. The lowest BCUT2D eigenvalue weighted by Crippen LogP contribution is -2.07. The maximum absolute atomic E-state index is 11.6. The van der Waals surface area contributed by atoms with Crippen LogP contribution in [-0.4, -0.2) is 15.0 Å². The Morgan fingerprint density at radius 3 is 2.79 bits per heavy atom. The molecule has 3 rings (SSSR count). The van der Waals surface area contributed by atoms with E-state index >= 15 is 0 Å². The Balaban J connectivity index is 2.10. The monoisotopic (exact) mass is 270 g/mol. The summed E-state index contributed by atoms with van der Waals surface area (Å²) in [4.78, 5) is 24.2. The summed E-state index contributed by atoms with van der Waals surface area (Å²) >= 11 is 1.52. The fourth-order valence-corrected chi connectivity index (χ4v) is 2.59. The number of nitrogens with one attached hydrogen (secondary N) is 1. The maximum atomic E-state index is 11.6. The van der Waals surface area contributed by atoms with E-state index in [1.807, 2.05) is 18.2 Å². The van der Waals surface area contributed by atoms with Crippen LogP contribution in [-0.2, 0) is 0 Å². The van der Waals surface area contributed by atoms with Gasteiger partial charge in [0.2, 0.25) is 0 Å². The van der Waals surface area contributed by atoms with Gasteiger partial charge in [0, 0.05) is 27.9 Å². The van der Waals surface area contributed by atoms with Crippen molar-refractivity contribution in [1.82, 2.24) is 15.0 Å². The van der Waals surface area contributed by atoms with Gasteiger partial charge in [-0.05, 0) is 24.3 Å². The van der Waals surface area contributed by atoms with Crippen molar-refractivity contribution in [3.8, 4) is 0 Å². The largest absolute Gasteiger partial charge is 0.398 e. The standard InChI is InChI=1S/C13H10N4OS/c14-10-5-9-11(16-7-17-13(9)18)6-12(10)19-8-1-3-15-4-2-8/h1-7H,14H2,(H,16,17,18). The Kier molecular flexibility index (Phi) is 2.92. The zero-order valence-electron chi connectivity index (χ0n) is 9.83. The number of nitrogens with two attached hydrogens (primary N) is 1. The lowest BCUT2D eigenvalue weighted by Gasteiger charge is -2.06. The number of anilines is 1. The molecule has 0 amide bonds. The average molecular weight is 270 g/mol. The minimum Gasteiger partial charge on any atom is -0.398 e. The van der Waals surface area contributed by atoms with Crippen LogP contribution in [0.15, 0.2) is 57.6 Å². The average Bonchev–Trinajstić information content (AvgIpc) is 2.42. The number of fused-ring (bicyclic) bond motifs is 1. The molecule has 3 N–H and O–H groups in total. The lowest BCUT2D eigenvalue weighted by atomic mass is 10.2. The summed E-state index contributed by atoms with van der Waals surface area (Å²) in [6, 6.07) is 7.29. The second-order valence-electron chi connectivity index (χ2n) is 3.92. The summed E-state index contributed by atoms with van der Waals surface area (Å²) < 4.78 is 0. The van der Waals surface area contributed by atoms with Gasteiger partial charge in [0.15, 0.2) is 0 Å². The van der Waals surface area contributed by atoms with E-state index in [0.717, 1.165) is 9.79 Å². The van der Waals surface area contributed by atoms with Gasteiger partial charge in [-0.3, -0.25) is 9.78 Å². The first-order valence-corrected chi connectivity index (χ1v) is 6.40. The van der Waals surface area contributed by atoms with Crippen LogP contribution >= 0.6 is 11.8 Å². The summed E-state index contributed by atoms with van der Waals surface area (Å²) in [6.07, 6.45) is 4.84. The Bertz CT molecular complexity index is 786. The molecule has 94 valence electrons. The quantitative estimate of drug-likeness (QED) is 0.696. The first-order valence-electron chi connectivity index (χ1n) is 5.59. The van der Waals surface area contributed by atoms with Gasteiger partial charge >= 0.3 is 0 Å². The molecule has 0 aliphatic carbocycles. The third-order valence-electron chi connectivity index (χ3n) is 2.65. The van der Waals surface area contributed by atoms with E-state index in [0.29, 0.717) is 16.6 Å². The summed E-state index contributed by atoms with van der Waals surface area (Å²) in [5.74, 6) is 0. The van der Waals surface area contributed by atoms with E-state index < -0.39 is 0 Å². The van der Waals surface area contributed by atoms with Crippen molar-refractivity contribution in [2.24, 2.45) is 0 Å². The predicted octanol–water partition coefficient (Wildman–Crippen LogP) is 2.05. The Morgan fingerprint density at radius 2 is 2.00 bits per heavy atom. The first kappa shape index (κ1) is 11.7. The van der Waals surface area contributed by atoms with Crippen molar-refractivity contribution in [3.05, 3.63) is 53.3 Å². The summed E-state index contributed by atoms with van der Waals surface area (Å²) in [5.41, 5.74) is 7.00. The van der Waals surface area contributed by atoms with Crippen molar-refractivity contribution in [2.45, 2.75) is 9.79 Å². The number of pyridine rings is 1. The number of nitrogen functional groups attached to an aromatic ring is 1. The fraction of sp³-hybridized carbons (Fsp3) is 0. The predicted molar refractivity (Wildman–Crippen MR) is 75.1 cm³/mol. The SMILES string of the molecule is Nc1cc2c(=O)[nH]cnc2cc1Sc1ccncc1. The highest BCUT2D eigenvalue weighted by Crippen LogP contribution is 2.33. The van der Waals surface area contributed by atoms with Crippen molar-refractivity contribution < 1.29 is 0 Å². The Morgan fingerprint density at radius 1 is 1.21 bits per heavy atom. The van der Waals surface area contributed by atoms with Crippen LogP contribution in [0.5, 0.6) is 0 Å². The van der Waals surface area contributed by atoms with E-state index in [-0.39, 0.29) is 5.56 Å². The molecule has 0 radical (unpaired) electrons. The van der Waals surface area contributed by atoms with Crippen LogP contribution in [0.2, 0.25) is 0 Å². The molecule has 0 fully saturated rings. The van der Waals surface area contributed by atoms with Gasteiger partial charge in [0.25, 0.3) is 5.56 Å². The molecule has 0 saturated heterocycles. The topological polar surface area (TPSA) is 84.7 Å². The number of rotatable bonds is 2. The van der Waals surface area contributed by atoms with E-state index in [1.165, 1.54) is 18.1 Å². The van der Waals surface area contributed by atoms with Gasteiger partial charge in [0.1, 0.15) is 0 Å². The second-order valence-corrected chi connectivity index (χ2v) is 5.04. The molecule has 6 heteroatoms. The maximum Gasteiger partial charge on any atom is 0.258 e. The Hall–Kier alpha value is -2.34. The number of H-pyrrole nitrogens is 1. The number of hydrogen-bond donors (Lipinski definition) is 2. The van der Waals surface area contributed by atoms with Crippen LogP contribution in [0.3, 0.4) is 0 Å². The molecule has 2 aromatic heterocycles. The van der Waals surface area contributed by atoms with Gasteiger partial charge in [-0.2, -0.15) is 0 Å². The molecule has 5 nitrogen and oxygen atoms in total. The highest BCUT2D eigenvalue weighted by atomic mass is 32.2. The number of hydrogen-bond acceptors (Lipinski definition) is 5. The molecule has 0 bridgehead atoms. The molecule has 0 saturated carbocycles. The minimum absolute atomic E-state index is 0.183. The molecule has 0 aliphatic heterocycles. The van der Waals surface area contributed by atoms with Gasteiger partial charge in [-0.15, -0.1) is 0 Å². The first-order chi connectivity index (χ1) is 9.24. The second kappa shape index (κ2) is 4.74. The molecule has 0 atom stereocenters. The van der Waals surface area contributed by atoms with E-state index in [9.17, 15) is 4.79 Å². The van der Waals surface area contributed by atoms with Crippen LogP contribution in [0.1, 0.15) is 0 Å². The minimum atomic E-state index is -0.183. The number of aromatic amines is 1.